The molecule has 1 aliphatic rings. The molecule has 1 aromatic rings. The van der Waals surface area contributed by atoms with Crippen LogP contribution in [0.25, 0.3) is 0 Å². The molecule has 1 saturated carbocycles. The number of hydrogen-bond donors (Lipinski definition) is 0. The van der Waals surface area contributed by atoms with Gasteiger partial charge in [-0.3, -0.25) is 9.78 Å². The molecule has 86 valence electrons. The second kappa shape index (κ2) is 5.58. The lowest BCUT2D eigenvalue weighted by Crippen LogP contribution is -2.15. The van der Waals surface area contributed by atoms with Crippen LogP contribution in [0.2, 0.25) is 0 Å². The SMILES string of the molecule is O=C1CCCCCC1Cc1cncc(Br)c1. The van der Waals surface area contributed by atoms with E-state index in [1.54, 1.807) is 6.20 Å². The van der Waals surface area contributed by atoms with E-state index in [4.69, 9.17) is 0 Å². The number of Topliss-reactive ketones (excluding diaryl/α,β-unsaturated/α-hetero) is 1. The molecule has 1 heterocycles. The Balaban J connectivity index is 2.05. The average molecular weight is 282 g/mol. The number of ketones is 1. The quantitative estimate of drug-likeness (QED) is 0.777. The van der Waals surface area contributed by atoms with Crippen LogP contribution in [0, 0.1) is 5.92 Å². The molecular weight excluding hydrogens is 266 g/mol. The summed E-state index contributed by atoms with van der Waals surface area (Å²) in [5, 5.41) is 0. The Morgan fingerprint density at radius 1 is 1.31 bits per heavy atom. The molecule has 1 aromatic heterocycles. The van der Waals surface area contributed by atoms with Gasteiger partial charge < -0.3 is 0 Å². The Morgan fingerprint density at radius 2 is 2.19 bits per heavy atom. The van der Waals surface area contributed by atoms with Crippen LogP contribution in [0.5, 0.6) is 0 Å². The fourth-order valence-corrected chi connectivity index (χ4v) is 2.71. The largest absolute Gasteiger partial charge is 0.299 e. The summed E-state index contributed by atoms with van der Waals surface area (Å²) in [5.74, 6) is 0.663. The lowest BCUT2D eigenvalue weighted by Gasteiger charge is -2.12. The van der Waals surface area contributed by atoms with Crippen molar-refractivity contribution < 1.29 is 4.79 Å². The van der Waals surface area contributed by atoms with Gasteiger partial charge in [0.2, 0.25) is 0 Å². The van der Waals surface area contributed by atoms with Crippen molar-refractivity contribution in [3.05, 3.63) is 28.5 Å². The first-order valence-corrected chi connectivity index (χ1v) is 6.67. The standard InChI is InChI=1S/C13H16BrNO/c14-12-7-10(8-15-9-12)6-11-4-2-1-3-5-13(11)16/h7-9,11H,1-6H2. The summed E-state index contributed by atoms with van der Waals surface area (Å²) < 4.78 is 0.992. The van der Waals surface area contributed by atoms with E-state index in [-0.39, 0.29) is 5.92 Å². The third-order valence-electron chi connectivity index (χ3n) is 3.17. The summed E-state index contributed by atoms with van der Waals surface area (Å²) >= 11 is 3.41. The second-order valence-corrected chi connectivity index (χ2v) is 5.39. The van der Waals surface area contributed by atoms with Crippen molar-refractivity contribution in [2.24, 2.45) is 5.92 Å². The van der Waals surface area contributed by atoms with Crippen molar-refractivity contribution in [1.29, 1.82) is 0 Å². The maximum absolute atomic E-state index is 11.9. The van der Waals surface area contributed by atoms with Gasteiger partial charge in [0.1, 0.15) is 5.78 Å². The number of nitrogens with zero attached hydrogens (tertiary/aromatic N) is 1. The molecule has 16 heavy (non-hydrogen) atoms. The van der Waals surface area contributed by atoms with Gasteiger partial charge in [-0.1, -0.05) is 12.8 Å². The molecule has 2 nitrogen and oxygen atoms in total. The van der Waals surface area contributed by atoms with E-state index in [1.165, 1.54) is 12.8 Å². The van der Waals surface area contributed by atoms with E-state index in [1.807, 2.05) is 6.20 Å². The number of halogens is 1. The van der Waals surface area contributed by atoms with E-state index in [9.17, 15) is 4.79 Å². The van der Waals surface area contributed by atoms with E-state index in [0.29, 0.717) is 5.78 Å². The highest BCUT2D eigenvalue weighted by molar-refractivity contribution is 9.10. The van der Waals surface area contributed by atoms with Crippen LogP contribution in [-0.4, -0.2) is 10.8 Å². The van der Waals surface area contributed by atoms with Gasteiger partial charge in [-0.05, 0) is 46.8 Å². The smallest absolute Gasteiger partial charge is 0.136 e. The van der Waals surface area contributed by atoms with Crippen molar-refractivity contribution in [2.75, 3.05) is 0 Å². The Kier molecular flexibility index (Phi) is 4.10. The van der Waals surface area contributed by atoms with Crippen molar-refractivity contribution in [2.45, 2.75) is 38.5 Å². The Labute approximate surface area is 105 Å². The molecule has 0 radical (unpaired) electrons. The summed E-state index contributed by atoms with van der Waals surface area (Å²) in [6.45, 7) is 0. The number of rotatable bonds is 2. The fraction of sp³-hybridized carbons (Fsp3) is 0.538. The predicted molar refractivity (Wildman–Crippen MR) is 67.2 cm³/mol. The predicted octanol–water partition coefficient (Wildman–Crippen LogP) is 3.54. The number of pyridine rings is 1. The van der Waals surface area contributed by atoms with E-state index >= 15 is 0 Å². The third kappa shape index (κ3) is 3.14. The highest BCUT2D eigenvalue weighted by atomic mass is 79.9. The highest BCUT2D eigenvalue weighted by Gasteiger charge is 2.20. The van der Waals surface area contributed by atoms with Crippen LogP contribution >= 0.6 is 15.9 Å². The molecule has 0 amide bonds. The summed E-state index contributed by atoms with van der Waals surface area (Å²) in [5.41, 5.74) is 1.16. The average Bonchev–Trinajstić information content (AvgIpc) is 2.45. The number of carbonyl (C=O) groups excluding carboxylic acids is 1. The molecule has 1 unspecified atom stereocenters. The maximum Gasteiger partial charge on any atom is 0.136 e. The van der Waals surface area contributed by atoms with Gasteiger partial charge in [-0.2, -0.15) is 0 Å². The normalized spacial score (nSPS) is 21.8. The molecule has 0 spiro atoms. The lowest BCUT2D eigenvalue weighted by molar-refractivity contribution is -0.122. The fourth-order valence-electron chi connectivity index (χ4n) is 2.30. The van der Waals surface area contributed by atoms with Crippen LogP contribution in [0.15, 0.2) is 22.9 Å². The zero-order valence-corrected chi connectivity index (χ0v) is 10.9. The number of hydrogen-bond acceptors (Lipinski definition) is 2. The molecule has 0 aromatic carbocycles. The molecule has 1 fully saturated rings. The second-order valence-electron chi connectivity index (χ2n) is 4.48. The first-order valence-electron chi connectivity index (χ1n) is 5.88. The summed E-state index contributed by atoms with van der Waals surface area (Å²) in [6.07, 6.45) is 9.78. The van der Waals surface area contributed by atoms with Gasteiger partial charge in [0.25, 0.3) is 0 Å². The minimum atomic E-state index is 0.221. The monoisotopic (exact) mass is 281 g/mol. The molecule has 1 aliphatic carbocycles. The van der Waals surface area contributed by atoms with Crippen LogP contribution < -0.4 is 0 Å². The molecule has 0 N–H and O–H groups in total. The Hall–Kier alpha value is -0.700. The van der Waals surface area contributed by atoms with Crippen LogP contribution in [0.1, 0.15) is 37.7 Å². The van der Waals surface area contributed by atoms with Gasteiger partial charge >= 0.3 is 0 Å². The van der Waals surface area contributed by atoms with Crippen molar-refractivity contribution in [3.8, 4) is 0 Å². The van der Waals surface area contributed by atoms with Crippen LogP contribution in [0.3, 0.4) is 0 Å². The van der Waals surface area contributed by atoms with Crippen molar-refractivity contribution >= 4 is 21.7 Å². The maximum atomic E-state index is 11.9. The van der Waals surface area contributed by atoms with Gasteiger partial charge in [0, 0.05) is 29.2 Å². The summed E-state index contributed by atoms with van der Waals surface area (Å²) in [7, 11) is 0. The van der Waals surface area contributed by atoms with Crippen LogP contribution in [0.4, 0.5) is 0 Å². The topological polar surface area (TPSA) is 30.0 Å². The number of carbonyl (C=O) groups is 1. The molecule has 1 atom stereocenters. The van der Waals surface area contributed by atoms with Crippen molar-refractivity contribution in [1.82, 2.24) is 4.98 Å². The van der Waals surface area contributed by atoms with E-state index < -0.39 is 0 Å². The van der Waals surface area contributed by atoms with Gasteiger partial charge in [-0.15, -0.1) is 0 Å². The first-order chi connectivity index (χ1) is 7.75. The van der Waals surface area contributed by atoms with Crippen LogP contribution in [-0.2, 0) is 11.2 Å². The zero-order valence-electron chi connectivity index (χ0n) is 9.29. The minimum absolute atomic E-state index is 0.221. The molecule has 2 rings (SSSR count). The minimum Gasteiger partial charge on any atom is -0.299 e. The molecule has 0 aliphatic heterocycles. The van der Waals surface area contributed by atoms with Gasteiger partial charge in [0.15, 0.2) is 0 Å². The molecule has 0 bridgehead atoms. The van der Waals surface area contributed by atoms with Gasteiger partial charge in [-0.25, -0.2) is 0 Å². The molecule has 0 saturated heterocycles. The highest BCUT2D eigenvalue weighted by Crippen LogP contribution is 2.24. The third-order valence-corrected chi connectivity index (χ3v) is 3.61. The summed E-state index contributed by atoms with van der Waals surface area (Å²) in [4.78, 5) is 16.0. The molecular formula is C13H16BrNO. The first kappa shape index (κ1) is 11.8. The van der Waals surface area contributed by atoms with E-state index in [0.717, 1.165) is 35.7 Å². The lowest BCUT2D eigenvalue weighted by atomic mass is 9.92. The van der Waals surface area contributed by atoms with E-state index in [2.05, 4.69) is 27.0 Å². The number of aromatic nitrogens is 1. The molecule has 3 heteroatoms. The Bertz CT molecular complexity index is 378. The Morgan fingerprint density at radius 3 is 3.00 bits per heavy atom. The van der Waals surface area contributed by atoms with Gasteiger partial charge in [0.05, 0.1) is 0 Å². The van der Waals surface area contributed by atoms with Crippen molar-refractivity contribution in [3.63, 3.8) is 0 Å². The summed E-state index contributed by atoms with van der Waals surface area (Å²) in [6, 6.07) is 2.06. The zero-order chi connectivity index (χ0) is 11.4.